The van der Waals surface area contributed by atoms with E-state index in [0.29, 0.717) is 17.9 Å². The minimum atomic E-state index is -1.15. The van der Waals surface area contributed by atoms with Gasteiger partial charge in [-0.05, 0) is 42.5 Å². The van der Waals surface area contributed by atoms with Crippen LogP contribution in [0.1, 0.15) is 38.3 Å². The summed E-state index contributed by atoms with van der Waals surface area (Å²) in [4.78, 5) is 31.4. The van der Waals surface area contributed by atoms with Gasteiger partial charge in [0.1, 0.15) is 0 Å². The molecule has 1 unspecified atom stereocenters. The standard InChI is InChI=1S/C16H16N4O3/c17-14(21)13-11(15(22)23)5-3-9-2-4-10(8-12(9)13)20-16-18-6-1-7-19-16/h1,3,5-7,10H,2,4,8H2,(H2,17,21)(H,22,23)(H,18,19,20). The maximum Gasteiger partial charge on any atom is 0.336 e. The van der Waals surface area contributed by atoms with Gasteiger partial charge in [0.05, 0.1) is 11.1 Å². The summed E-state index contributed by atoms with van der Waals surface area (Å²) < 4.78 is 0. The van der Waals surface area contributed by atoms with E-state index in [1.165, 1.54) is 6.07 Å². The number of aryl methyl sites for hydroxylation is 1. The molecular weight excluding hydrogens is 296 g/mol. The Morgan fingerprint density at radius 2 is 2.00 bits per heavy atom. The molecule has 0 saturated heterocycles. The average Bonchev–Trinajstić information content (AvgIpc) is 2.54. The number of nitrogens with one attached hydrogen (secondary N) is 1. The van der Waals surface area contributed by atoms with Gasteiger partial charge in [-0.2, -0.15) is 0 Å². The van der Waals surface area contributed by atoms with E-state index < -0.39 is 11.9 Å². The number of hydrogen-bond acceptors (Lipinski definition) is 5. The number of nitrogens with two attached hydrogens (primary N) is 1. The predicted molar refractivity (Wildman–Crippen MR) is 83.4 cm³/mol. The summed E-state index contributed by atoms with van der Waals surface area (Å²) in [5.74, 6) is -1.35. The molecule has 1 amide bonds. The van der Waals surface area contributed by atoms with Crippen molar-refractivity contribution < 1.29 is 14.7 Å². The smallest absolute Gasteiger partial charge is 0.336 e. The molecule has 2 aromatic rings. The third-order valence-electron chi connectivity index (χ3n) is 4.00. The number of primary amides is 1. The normalized spacial score (nSPS) is 16.4. The van der Waals surface area contributed by atoms with Crippen LogP contribution in [0.2, 0.25) is 0 Å². The number of nitrogens with zero attached hydrogens (tertiary/aromatic N) is 2. The molecule has 1 heterocycles. The zero-order valence-electron chi connectivity index (χ0n) is 12.3. The Morgan fingerprint density at radius 1 is 1.26 bits per heavy atom. The fourth-order valence-electron chi connectivity index (χ4n) is 2.98. The highest BCUT2D eigenvalue weighted by molar-refractivity contribution is 6.05. The Morgan fingerprint density at radius 3 is 2.65 bits per heavy atom. The Labute approximate surface area is 132 Å². The van der Waals surface area contributed by atoms with Crippen molar-refractivity contribution in [2.75, 3.05) is 5.32 Å². The first-order chi connectivity index (χ1) is 11.1. The number of fused-ring (bicyclic) bond motifs is 1. The predicted octanol–water partition coefficient (Wildman–Crippen LogP) is 1.24. The summed E-state index contributed by atoms with van der Waals surface area (Å²) in [6, 6.07) is 4.97. The van der Waals surface area contributed by atoms with Crippen LogP contribution in [-0.2, 0) is 12.8 Å². The van der Waals surface area contributed by atoms with E-state index in [2.05, 4.69) is 15.3 Å². The highest BCUT2D eigenvalue weighted by atomic mass is 16.4. The molecule has 7 nitrogen and oxygen atoms in total. The summed E-state index contributed by atoms with van der Waals surface area (Å²) in [7, 11) is 0. The third kappa shape index (κ3) is 2.98. The van der Waals surface area contributed by atoms with Crippen molar-refractivity contribution in [3.63, 3.8) is 0 Å². The Kier molecular flexibility index (Phi) is 3.92. The summed E-state index contributed by atoms with van der Waals surface area (Å²) >= 11 is 0. The first kappa shape index (κ1) is 15.0. The van der Waals surface area contributed by atoms with E-state index in [1.54, 1.807) is 24.5 Å². The van der Waals surface area contributed by atoms with Gasteiger partial charge in [-0.3, -0.25) is 4.79 Å². The lowest BCUT2D eigenvalue weighted by atomic mass is 9.83. The quantitative estimate of drug-likeness (QED) is 0.781. The topological polar surface area (TPSA) is 118 Å². The maximum atomic E-state index is 11.8. The van der Waals surface area contributed by atoms with Crippen LogP contribution >= 0.6 is 0 Å². The lowest BCUT2D eigenvalue weighted by Crippen LogP contribution is -2.31. The fourth-order valence-corrected chi connectivity index (χ4v) is 2.98. The van der Waals surface area contributed by atoms with Crippen LogP contribution in [0.15, 0.2) is 30.6 Å². The fraction of sp³-hybridized carbons (Fsp3) is 0.250. The molecule has 7 heteroatoms. The van der Waals surface area contributed by atoms with Crippen LogP contribution in [0.5, 0.6) is 0 Å². The van der Waals surface area contributed by atoms with E-state index in [1.807, 2.05) is 0 Å². The number of amides is 1. The number of carboxylic acid groups (broad SMARTS) is 1. The molecule has 0 spiro atoms. The van der Waals surface area contributed by atoms with Gasteiger partial charge in [0, 0.05) is 18.4 Å². The second-order valence-corrected chi connectivity index (χ2v) is 5.45. The van der Waals surface area contributed by atoms with Gasteiger partial charge < -0.3 is 16.2 Å². The van der Waals surface area contributed by atoms with Crippen LogP contribution in [-0.4, -0.2) is 33.0 Å². The second-order valence-electron chi connectivity index (χ2n) is 5.45. The van der Waals surface area contributed by atoms with Crippen LogP contribution in [0.3, 0.4) is 0 Å². The summed E-state index contributed by atoms with van der Waals surface area (Å²) in [5.41, 5.74) is 7.16. The molecule has 0 bridgehead atoms. The molecular formula is C16H16N4O3. The van der Waals surface area contributed by atoms with Crippen molar-refractivity contribution in [2.45, 2.75) is 25.3 Å². The Balaban J connectivity index is 1.93. The molecule has 1 aliphatic carbocycles. The SMILES string of the molecule is NC(=O)c1c(C(=O)O)ccc2c1CC(Nc1ncccn1)CC2. The number of anilines is 1. The molecule has 1 aromatic carbocycles. The van der Waals surface area contributed by atoms with Gasteiger partial charge in [-0.15, -0.1) is 0 Å². The minimum absolute atomic E-state index is 0.0204. The van der Waals surface area contributed by atoms with Crippen LogP contribution < -0.4 is 11.1 Å². The van der Waals surface area contributed by atoms with Gasteiger partial charge >= 0.3 is 5.97 Å². The number of rotatable bonds is 4. The van der Waals surface area contributed by atoms with Crippen molar-refractivity contribution in [1.82, 2.24) is 9.97 Å². The van der Waals surface area contributed by atoms with E-state index >= 15 is 0 Å². The summed E-state index contributed by atoms with van der Waals surface area (Å²) in [5, 5.41) is 12.5. The Hall–Kier alpha value is -2.96. The van der Waals surface area contributed by atoms with Crippen molar-refractivity contribution >= 4 is 17.8 Å². The highest BCUT2D eigenvalue weighted by Crippen LogP contribution is 2.28. The number of aromatic carboxylic acids is 1. The third-order valence-corrected chi connectivity index (χ3v) is 4.00. The minimum Gasteiger partial charge on any atom is -0.478 e. The van der Waals surface area contributed by atoms with Gasteiger partial charge in [0.2, 0.25) is 11.9 Å². The Bertz CT molecular complexity index is 761. The number of carbonyl (C=O) groups is 2. The number of aromatic nitrogens is 2. The van der Waals surface area contributed by atoms with Gasteiger partial charge in [-0.1, -0.05) is 6.07 Å². The molecule has 118 valence electrons. The molecule has 3 rings (SSSR count). The second kappa shape index (κ2) is 6.04. The zero-order chi connectivity index (χ0) is 16.4. The molecule has 1 aliphatic rings. The number of benzene rings is 1. The van der Waals surface area contributed by atoms with Crippen molar-refractivity contribution in [3.05, 3.63) is 52.8 Å². The number of carbonyl (C=O) groups excluding carboxylic acids is 1. The van der Waals surface area contributed by atoms with E-state index in [4.69, 9.17) is 5.73 Å². The molecule has 1 aromatic heterocycles. The van der Waals surface area contributed by atoms with E-state index in [-0.39, 0.29) is 17.2 Å². The average molecular weight is 312 g/mol. The van der Waals surface area contributed by atoms with Crippen molar-refractivity contribution in [2.24, 2.45) is 5.73 Å². The monoisotopic (exact) mass is 312 g/mol. The molecule has 0 aliphatic heterocycles. The zero-order valence-corrected chi connectivity index (χ0v) is 12.3. The van der Waals surface area contributed by atoms with Crippen LogP contribution in [0, 0.1) is 0 Å². The first-order valence-electron chi connectivity index (χ1n) is 7.27. The van der Waals surface area contributed by atoms with Gasteiger partial charge in [0.25, 0.3) is 0 Å². The molecule has 0 saturated carbocycles. The largest absolute Gasteiger partial charge is 0.478 e. The van der Waals surface area contributed by atoms with Crippen molar-refractivity contribution in [1.29, 1.82) is 0 Å². The van der Waals surface area contributed by atoms with Crippen LogP contribution in [0.25, 0.3) is 0 Å². The first-order valence-corrected chi connectivity index (χ1v) is 7.27. The van der Waals surface area contributed by atoms with Gasteiger partial charge in [-0.25, -0.2) is 14.8 Å². The number of carboxylic acids is 1. The lowest BCUT2D eigenvalue weighted by molar-refractivity contribution is 0.0691. The molecule has 0 fully saturated rings. The molecule has 4 N–H and O–H groups in total. The highest BCUT2D eigenvalue weighted by Gasteiger charge is 2.27. The molecule has 1 atom stereocenters. The summed E-state index contributed by atoms with van der Waals surface area (Å²) in [6.07, 6.45) is 5.37. The molecule has 23 heavy (non-hydrogen) atoms. The van der Waals surface area contributed by atoms with Crippen molar-refractivity contribution in [3.8, 4) is 0 Å². The number of hydrogen-bond donors (Lipinski definition) is 3. The van der Waals surface area contributed by atoms with E-state index in [0.717, 1.165) is 18.4 Å². The van der Waals surface area contributed by atoms with Gasteiger partial charge in [0.15, 0.2) is 0 Å². The lowest BCUT2D eigenvalue weighted by Gasteiger charge is -2.27. The summed E-state index contributed by atoms with van der Waals surface area (Å²) in [6.45, 7) is 0. The molecule has 0 radical (unpaired) electrons. The van der Waals surface area contributed by atoms with Crippen LogP contribution in [0.4, 0.5) is 5.95 Å². The maximum absolute atomic E-state index is 11.8. The van der Waals surface area contributed by atoms with E-state index in [9.17, 15) is 14.7 Å².